The van der Waals surface area contributed by atoms with E-state index in [1.165, 1.54) is 30.9 Å². The molecule has 0 bridgehead atoms. The SMILES string of the molecule is N#Cc1cc(-c2cc(C#N)cc(-n3c4ccccc4c4cc5c(cc43)sc3ccccc35)c2)cc(-n2c3ccccc3c3ccccc32)c1. The van der Waals surface area contributed by atoms with Gasteiger partial charge in [-0.3, -0.25) is 0 Å². The van der Waals surface area contributed by atoms with Gasteiger partial charge in [0.05, 0.1) is 45.3 Å². The molecule has 0 saturated carbocycles. The molecule has 0 fully saturated rings. The zero-order valence-electron chi connectivity index (χ0n) is 26.1. The van der Waals surface area contributed by atoms with E-state index in [9.17, 15) is 10.5 Å². The summed E-state index contributed by atoms with van der Waals surface area (Å²) >= 11 is 1.81. The third-order valence-corrected chi connectivity index (χ3v) is 10.8. The minimum Gasteiger partial charge on any atom is -0.309 e. The standard InChI is InChI=1S/C44H24N4S/c45-25-27-17-29(21-31(19-27)47-39-13-5-1-9-33(39)34-10-2-6-14-40(34)47)30-18-28(26-46)20-32(22-30)48-41-15-7-3-11-35(41)37-23-38-36-12-4-8-16-43(36)49-44(38)24-42(37)48/h1-24H. The number of fused-ring (bicyclic) bond motifs is 9. The lowest BCUT2D eigenvalue weighted by atomic mass is 9.99. The fraction of sp³-hybridized carbons (Fsp3) is 0. The summed E-state index contributed by atoms with van der Waals surface area (Å²) in [5.41, 5.74) is 9.01. The highest BCUT2D eigenvalue weighted by atomic mass is 32.1. The highest BCUT2D eigenvalue weighted by molar-refractivity contribution is 7.25. The second kappa shape index (κ2) is 10.4. The van der Waals surface area contributed by atoms with Gasteiger partial charge in [-0.2, -0.15) is 10.5 Å². The molecule has 4 nitrogen and oxygen atoms in total. The van der Waals surface area contributed by atoms with Crippen LogP contribution in [0.2, 0.25) is 0 Å². The Morgan fingerprint density at radius 1 is 0.388 bits per heavy atom. The first-order valence-corrected chi connectivity index (χ1v) is 16.9. The van der Waals surface area contributed by atoms with Crippen LogP contribution in [0.25, 0.3) is 86.3 Å². The molecule has 226 valence electrons. The molecule has 3 aromatic heterocycles. The second-order valence-electron chi connectivity index (χ2n) is 12.4. The van der Waals surface area contributed by atoms with Crippen LogP contribution in [0.1, 0.15) is 11.1 Å². The molecule has 0 atom stereocenters. The summed E-state index contributed by atoms with van der Waals surface area (Å²) in [4.78, 5) is 0. The molecular formula is C44H24N4S. The van der Waals surface area contributed by atoms with Gasteiger partial charge in [0.15, 0.2) is 0 Å². The van der Waals surface area contributed by atoms with Crippen LogP contribution in [0.4, 0.5) is 0 Å². The van der Waals surface area contributed by atoms with Gasteiger partial charge in [-0.05, 0) is 83.9 Å². The lowest BCUT2D eigenvalue weighted by molar-refractivity contribution is 1.17. The molecule has 0 aliphatic rings. The van der Waals surface area contributed by atoms with Crippen LogP contribution in [0.3, 0.4) is 0 Å². The zero-order valence-corrected chi connectivity index (χ0v) is 26.9. The summed E-state index contributed by atoms with van der Waals surface area (Å²) in [5.74, 6) is 0. The number of thiophene rings is 1. The molecule has 0 amide bonds. The highest BCUT2D eigenvalue weighted by Crippen LogP contribution is 2.41. The van der Waals surface area contributed by atoms with Gasteiger partial charge in [-0.25, -0.2) is 0 Å². The Morgan fingerprint density at radius 3 is 1.41 bits per heavy atom. The first-order chi connectivity index (χ1) is 24.2. The predicted octanol–water partition coefficient (Wildman–Crippen LogP) is 11.7. The third-order valence-electron chi connectivity index (χ3n) is 9.69. The van der Waals surface area contributed by atoms with Gasteiger partial charge < -0.3 is 9.13 Å². The minimum absolute atomic E-state index is 0.558. The van der Waals surface area contributed by atoms with Gasteiger partial charge in [-0.15, -0.1) is 11.3 Å². The van der Waals surface area contributed by atoms with Crippen LogP contribution >= 0.6 is 11.3 Å². The van der Waals surface area contributed by atoms with E-state index in [1.807, 2.05) is 36.4 Å². The normalized spacial score (nSPS) is 11.6. The van der Waals surface area contributed by atoms with Crippen molar-refractivity contribution in [1.29, 1.82) is 10.5 Å². The van der Waals surface area contributed by atoms with Gasteiger partial charge in [-0.1, -0.05) is 72.8 Å². The summed E-state index contributed by atoms with van der Waals surface area (Å²) in [6.07, 6.45) is 0. The van der Waals surface area contributed by atoms with E-state index < -0.39 is 0 Å². The van der Waals surface area contributed by atoms with Crippen molar-refractivity contribution in [2.45, 2.75) is 0 Å². The number of aromatic nitrogens is 2. The zero-order chi connectivity index (χ0) is 32.6. The van der Waals surface area contributed by atoms with Gasteiger partial charge in [0.1, 0.15) is 0 Å². The number of nitrogens with zero attached hydrogens (tertiary/aromatic N) is 4. The monoisotopic (exact) mass is 640 g/mol. The van der Waals surface area contributed by atoms with Crippen LogP contribution in [0.15, 0.2) is 146 Å². The summed E-state index contributed by atoms with van der Waals surface area (Å²) in [5, 5.41) is 27.7. The van der Waals surface area contributed by atoms with Crippen LogP contribution in [-0.2, 0) is 0 Å². The first kappa shape index (κ1) is 27.5. The summed E-state index contributed by atoms with van der Waals surface area (Å²) in [7, 11) is 0. The molecule has 10 aromatic rings. The lowest BCUT2D eigenvalue weighted by Gasteiger charge is -2.14. The number of para-hydroxylation sites is 3. The van der Waals surface area contributed by atoms with Crippen LogP contribution in [-0.4, -0.2) is 9.13 Å². The molecule has 0 N–H and O–H groups in total. The molecular weight excluding hydrogens is 617 g/mol. The second-order valence-corrected chi connectivity index (χ2v) is 13.5. The summed E-state index contributed by atoms with van der Waals surface area (Å²) in [6, 6.07) is 55.3. The van der Waals surface area contributed by atoms with Crippen LogP contribution in [0, 0.1) is 22.7 Å². The highest BCUT2D eigenvalue weighted by Gasteiger charge is 2.18. The van der Waals surface area contributed by atoms with Crippen LogP contribution < -0.4 is 0 Å². The third kappa shape index (κ3) is 4.07. The molecule has 49 heavy (non-hydrogen) atoms. The largest absolute Gasteiger partial charge is 0.309 e. The van der Waals surface area contributed by atoms with Crippen molar-refractivity contribution in [3.05, 3.63) is 157 Å². The van der Waals surface area contributed by atoms with Crippen molar-refractivity contribution < 1.29 is 0 Å². The Balaban J connectivity index is 1.23. The summed E-state index contributed by atoms with van der Waals surface area (Å²) < 4.78 is 7.01. The predicted molar refractivity (Wildman–Crippen MR) is 203 cm³/mol. The molecule has 0 spiro atoms. The molecule has 10 rings (SSSR count). The van der Waals surface area contributed by atoms with Crippen molar-refractivity contribution in [3.8, 4) is 34.6 Å². The molecule has 0 unspecified atom stereocenters. The molecule has 7 aromatic carbocycles. The number of hydrogen-bond donors (Lipinski definition) is 0. The number of rotatable bonds is 3. The van der Waals surface area contributed by atoms with E-state index in [1.54, 1.807) is 11.3 Å². The molecule has 0 aliphatic heterocycles. The summed E-state index contributed by atoms with van der Waals surface area (Å²) in [6.45, 7) is 0. The van der Waals surface area contributed by atoms with Crippen LogP contribution in [0.5, 0.6) is 0 Å². The van der Waals surface area contributed by atoms with Gasteiger partial charge in [0.25, 0.3) is 0 Å². The maximum Gasteiger partial charge on any atom is 0.0992 e. The Kier molecular flexibility index (Phi) is 5.84. The van der Waals surface area contributed by atoms with Crippen molar-refractivity contribution in [2.24, 2.45) is 0 Å². The van der Waals surface area contributed by atoms with Crippen molar-refractivity contribution in [3.63, 3.8) is 0 Å². The molecule has 3 heterocycles. The maximum absolute atomic E-state index is 10.3. The average molecular weight is 641 g/mol. The fourth-order valence-corrected chi connectivity index (χ4v) is 8.73. The Labute approximate surface area is 285 Å². The number of hydrogen-bond acceptors (Lipinski definition) is 3. The van der Waals surface area contributed by atoms with Gasteiger partial charge in [0.2, 0.25) is 0 Å². The molecule has 0 radical (unpaired) electrons. The number of nitriles is 2. The topological polar surface area (TPSA) is 57.4 Å². The lowest BCUT2D eigenvalue weighted by Crippen LogP contribution is -1.98. The Morgan fingerprint density at radius 2 is 0.857 bits per heavy atom. The Bertz CT molecular complexity index is 3030. The number of benzene rings is 7. The van der Waals surface area contributed by atoms with E-state index in [4.69, 9.17) is 0 Å². The first-order valence-electron chi connectivity index (χ1n) is 16.1. The van der Waals surface area contributed by atoms with E-state index in [0.717, 1.165) is 55.3 Å². The van der Waals surface area contributed by atoms with Gasteiger partial charge in [0, 0.05) is 53.1 Å². The molecule has 0 saturated heterocycles. The van der Waals surface area contributed by atoms with Gasteiger partial charge >= 0.3 is 0 Å². The van der Waals surface area contributed by atoms with E-state index in [0.29, 0.717) is 11.1 Å². The minimum atomic E-state index is 0.558. The maximum atomic E-state index is 10.3. The van der Waals surface area contributed by atoms with E-state index in [-0.39, 0.29) is 0 Å². The van der Waals surface area contributed by atoms with Crippen molar-refractivity contribution in [2.75, 3.05) is 0 Å². The fourth-order valence-electron chi connectivity index (χ4n) is 7.61. The van der Waals surface area contributed by atoms with Crippen molar-refractivity contribution in [1.82, 2.24) is 9.13 Å². The quantitative estimate of drug-likeness (QED) is 0.193. The molecule has 5 heteroatoms. The molecule has 0 aliphatic carbocycles. The van der Waals surface area contributed by atoms with E-state index >= 15 is 0 Å². The van der Waals surface area contributed by atoms with E-state index in [2.05, 4.69) is 130 Å². The average Bonchev–Trinajstić information content (AvgIpc) is 3.80. The van der Waals surface area contributed by atoms with Crippen molar-refractivity contribution >= 4 is 75.1 Å². The smallest absolute Gasteiger partial charge is 0.0992 e. The Hall–Kier alpha value is -6.66.